The number of rotatable bonds is 5. The molecule has 2 rings (SSSR count). The maximum absolute atomic E-state index is 12.6. The van der Waals surface area contributed by atoms with Crippen LogP contribution in [0.25, 0.3) is 0 Å². The molecular formula is C17H17F3N2O. The lowest BCUT2D eigenvalue weighted by Crippen LogP contribution is -2.05. The van der Waals surface area contributed by atoms with E-state index in [9.17, 15) is 13.2 Å². The second-order valence-electron chi connectivity index (χ2n) is 5.19. The number of anilines is 1. The number of ether oxygens (including phenoxy) is 1. The number of halogens is 3. The topological polar surface area (TPSA) is 33.6 Å². The number of benzene rings is 2. The van der Waals surface area contributed by atoms with Crippen LogP contribution in [0, 0.1) is 0 Å². The summed E-state index contributed by atoms with van der Waals surface area (Å²) in [5.74, 6) is 0.711. The predicted octanol–water partition coefficient (Wildman–Crippen LogP) is 4.94. The Hall–Kier alpha value is -2.50. The van der Waals surface area contributed by atoms with Gasteiger partial charge >= 0.3 is 6.18 Å². The van der Waals surface area contributed by atoms with Crippen molar-refractivity contribution in [3.8, 4) is 5.75 Å². The van der Waals surface area contributed by atoms with Crippen molar-refractivity contribution in [2.45, 2.75) is 26.1 Å². The Morgan fingerprint density at radius 2 is 1.83 bits per heavy atom. The fourth-order valence-corrected chi connectivity index (χ4v) is 1.89. The van der Waals surface area contributed by atoms with E-state index in [1.807, 2.05) is 32.0 Å². The quantitative estimate of drug-likeness (QED) is 0.625. The van der Waals surface area contributed by atoms with Gasteiger partial charge in [0.1, 0.15) is 5.75 Å². The number of nitrogens with zero attached hydrogens (tertiary/aromatic N) is 1. The monoisotopic (exact) mass is 322 g/mol. The molecule has 0 aliphatic carbocycles. The van der Waals surface area contributed by atoms with Gasteiger partial charge in [0.15, 0.2) is 0 Å². The third-order valence-corrected chi connectivity index (χ3v) is 2.83. The molecule has 122 valence electrons. The molecule has 0 atom stereocenters. The van der Waals surface area contributed by atoms with Gasteiger partial charge < -0.3 is 4.74 Å². The highest BCUT2D eigenvalue weighted by Crippen LogP contribution is 2.30. The van der Waals surface area contributed by atoms with Gasteiger partial charge in [-0.05, 0) is 49.7 Å². The Labute approximate surface area is 132 Å². The van der Waals surface area contributed by atoms with Gasteiger partial charge in [-0.2, -0.15) is 18.3 Å². The lowest BCUT2D eigenvalue weighted by atomic mass is 10.2. The summed E-state index contributed by atoms with van der Waals surface area (Å²) in [6, 6.07) is 12.2. The van der Waals surface area contributed by atoms with Crippen LogP contribution in [0.15, 0.2) is 53.6 Å². The minimum atomic E-state index is -4.37. The average Bonchev–Trinajstić information content (AvgIpc) is 2.46. The SMILES string of the molecule is CC(C)Oc1cccc(C=NNc2cccc(C(F)(F)F)c2)c1. The normalized spacial score (nSPS) is 11.9. The molecule has 6 heteroatoms. The zero-order valence-electron chi connectivity index (χ0n) is 12.8. The summed E-state index contributed by atoms with van der Waals surface area (Å²) < 4.78 is 43.4. The summed E-state index contributed by atoms with van der Waals surface area (Å²) in [6.45, 7) is 3.85. The Balaban J connectivity index is 2.04. The lowest BCUT2D eigenvalue weighted by Gasteiger charge is -2.09. The van der Waals surface area contributed by atoms with Crippen molar-refractivity contribution < 1.29 is 17.9 Å². The van der Waals surface area contributed by atoms with Crippen LogP contribution in [0.2, 0.25) is 0 Å². The van der Waals surface area contributed by atoms with Gasteiger partial charge in [-0.1, -0.05) is 18.2 Å². The number of nitrogens with one attached hydrogen (secondary N) is 1. The summed E-state index contributed by atoms with van der Waals surface area (Å²) in [5, 5.41) is 3.96. The van der Waals surface area contributed by atoms with Crippen LogP contribution in [-0.4, -0.2) is 12.3 Å². The molecule has 0 fully saturated rings. The molecule has 2 aromatic rings. The Bertz CT molecular complexity index is 682. The van der Waals surface area contributed by atoms with Crippen molar-refractivity contribution in [1.29, 1.82) is 0 Å². The first kappa shape index (κ1) is 16.9. The summed E-state index contributed by atoms with van der Waals surface area (Å²) in [7, 11) is 0. The van der Waals surface area contributed by atoms with Crippen molar-refractivity contribution in [3.05, 3.63) is 59.7 Å². The van der Waals surface area contributed by atoms with E-state index in [1.165, 1.54) is 18.3 Å². The second-order valence-corrected chi connectivity index (χ2v) is 5.19. The summed E-state index contributed by atoms with van der Waals surface area (Å²) in [4.78, 5) is 0. The van der Waals surface area contributed by atoms with Crippen LogP contribution in [0.1, 0.15) is 25.0 Å². The van der Waals surface area contributed by atoms with Crippen molar-refractivity contribution in [3.63, 3.8) is 0 Å². The van der Waals surface area contributed by atoms with Crippen LogP contribution in [-0.2, 0) is 6.18 Å². The zero-order valence-corrected chi connectivity index (χ0v) is 12.8. The van der Waals surface area contributed by atoms with Crippen LogP contribution in [0.4, 0.5) is 18.9 Å². The van der Waals surface area contributed by atoms with Crippen LogP contribution in [0.3, 0.4) is 0 Å². The average molecular weight is 322 g/mol. The Kier molecular flexibility index (Phi) is 5.26. The predicted molar refractivity (Wildman–Crippen MR) is 84.9 cm³/mol. The van der Waals surface area contributed by atoms with Gasteiger partial charge in [0.05, 0.1) is 23.6 Å². The van der Waals surface area contributed by atoms with E-state index in [0.717, 1.165) is 17.7 Å². The first-order chi connectivity index (χ1) is 10.8. The van der Waals surface area contributed by atoms with E-state index in [4.69, 9.17) is 4.74 Å². The van der Waals surface area contributed by atoms with Crippen LogP contribution >= 0.6 is 0 Å². The highest BCUT2D eigenvalue weighted by Gasteiger charge is 2.30. The molecule has 0 saturated heterocycles. The number of hydrogen-bond acceptors (Lipinski definition) is 3. The highest BCUT2D eigenvalue weighted by molar-refractivity contribution is 5.80. The number of hydrogen-bond donors (Lipinski definition) is 1. The molecule has 0 aliphatic heterocycles. The van der Waals surface area contributed by atoms with Gasteiger partial charge in [0.2, 0.25) is 0 Å². The fraction of sp³-hybridized carbons (Fsp3) is 0.235. The lowest BCUT2D eigenvalue weighted by molar-refractivity contribution is -0.137. The molecule has 0 saturated carbocycles. The van der Waals surface area contributed by atoms with E-state index in [0.29, 0.717) is 5.75 Å². The van der Waals surface area contributed by atoms with Gasteiger partial charge in [0, 0.05) is 0 Å². The van der Waals surface area contributed by atoms with E-state index in [-0.39, 0.29) is 11.8 Å². The van der Waals surface area contributed by atoms with E-state index in [1.54, 1.807) is 6.07 Å². The van der Waals surface area contributed by atoms with E-state index >= 15 is 0 Å². The molecule has 0 aliphatic rings. The van der Waals surface area contributed by atoms with Gasteiger partial charge in [0.25, 0.3) is 0 Å². The third kappa shape index (κ3) is 5.32. The maximum atomic E-state index is 12.6. The highest BCUT2D eigenvalue weighted by atomic mass is 19.4. The van der Waals surface area contributed by atoms with Crippen molar-refractivity contribution >= 4 is 11.9 Å². The van der Waals surface area contributed by atoms with Crippen molar-refractivity contribution in [2.24, 2.45) is 5.10 Å². The minimum Gasteiger partial charge on any atom is -0.491 e. The molecule has 0 amide bonds. The molecular weight excluding hydrogens is 305 g/mol. The molecule has 2 aromatic carbocycles. The van der Waals surface area contributed by atoms with Crippen molar-refractivity contribution in [1.82, 2.24) is 0 Å². The maximum Gasteiger partial charge on any atom is 0.416 e. The molecule has 0 heterocycles. The first-order valence-corrected chi connectivity index (χ1v) is 7.07. The summed E-state index contributed by atoms with van der Waals surface area (Å²) in [6.07, 6.45) is -2.79. The van der Waals surface area contributed by atoms with Gasteiger partial charge in [-0.15, -0.1) is 0 Å². The number of hydrazone groups is 1. The Morgan fingerprint density at radius 3 is 2.52 bits per heavy atom. The first-order valence-electron chi connectivity index (χ1n) is 7.07. The summed E-state index contributed by atoms with van der Waals surface area (Å²) in [5.41, 5.74) is 2.93. The van der Waals surface area contributed by atoms with E-state index < -0.39 is 11.7 Å². The third-order valence-electron chi connectivity index (χ3n) is 2.83. The van der Waals surface area contributed by atoms with Crippen LogP contribution < -0.4 is 10.2 Å². The molecule has 23 heavy (non-hydrogen) atoms. The molecule has 0 bridgehead atoms. The van der Waals surface area contributed by atoms with Gasteiger partial charge in [-0.3, -0.25) is 5.43 Å². The zero-order chi connectivity index (χ0) is 16.9. The van der Waals surface area contributed by atoms with E-state index in [2.05, 4.69) is 10.5 Å². The van der Waals surface area contributed by atoms with Crippen LogP contribution in [0.5, 0.6) is 5.75 Å². The number of alkyl halides is 3. The molecule has 0 radical (unpaired) electrons. The molecule has 0 unspecified atom stereocenters. The molecule has 3 nitrogen and oxygen atoms in total. The largest absolute Gasteiger partial charge is 0.491 e. The smallest absolute Gasteiger partial charge is 0.416 e. The standard InChI is InChI=1S/C17H17F3N2O/c1-12(2)23-16-8-3-5-13(9-16)11-21-22-15-7-4-6-14(10-15)17(18,19)20/h3-12,22H,1-2H3. The molecule has 0 spiro atoms. The Morgan fingerprint density at radius 1 is 1.09 bits per heavy atom. The fourth-order valence-electron chi connectivity index (χ4n) is 1.89. The molecule has 1 N–H and O–H groups in total. The molecule has 0 aromatic heterocycles. The summed E-state index contributed by atoms with van der Waals surface area (Å²) >= 11 is 0. The van der Waals surface area contributed by atoms with Gasteiger partial charge in [-0.25, -0.2) is 0 Å². The second kappa shape index (κ2) is 7.17. The minimum absolute atomic E-state index is 0.0606. The van der Waals surface area contributed by atoms with Crippen molar-refractivity contribution in [2.75, 3.05) is 5.43 Å².